The van der Waals surface area contributed by atoms with Crippen LogP contribution < -0.4 is 5.32 Å². The lowest BCUT2D eigenvalue weighted by molar-refractivity contribution is 0.161. The summed E-state index contributed by atoms with van der Waals surface area (Å²) < 4.78 is 10.6. The van der Waals surface area contributed by atoms with Gasteiger partial charge in [0.1, 0.15) is 11.5 Å². The normalized spacial score (nSPS) is 11.3. The molecule has 17 heavy (non-hydrogen) atoms. The Bertz CT molecular complexity index is 299. The first-order valence-corrected chi connectivity index (χ1v) is 6.22. The zero-order valence-corrected chi connectivity index (χ0v) is 11.2. The predicted molar refractivity (Wildman–Crippen MR) is 69.2 cm³/mol. The van der Waals surface area contributed by atoms with Crippen LogP contribution in [0.1, 0.15) is 18.4 Å². The fourth-order valence-electron chi connectivity index (χ4n) is 1.55. The van der Waals surface area contributed by atoms with Crippen LogP contribution in [0.5, 0.6) is 0 Å². The molecule has 4 heteroatoms. The Morgan fingerprint density at radius 2 is 2.06 bits per heavy atom. The maximum Gasteiger partial charge on any atom is 0.117 e. The Labute approximate surface area is 104 Å². The summed E-state index contributed by atoms with van der Waals surface area (Å²) in [7, 11) is 3.83. The summed E-state index contributed by atoms with van der Waals surface area (Å²) in [5.74, 6) is 2.07. The lowest BCUT2D eigenvalue weighted by atomic mass is 10.3. The molecule has 0 spiro atoms. The van der Waals surface area contributed by atoms with Crippen LogP contribution in [0.15, 0.2) is 16.5 Å². The fourth-order valence-corrected chi connectivity index (χ4v) is 1.55. The molecule has 0 fully saturated rings. The van der Waals surface area contributed by atoms with E-state index in [0.29, 0.717) is 0 Å². The molecule has 98 valence electrons. The molecule has 0 bridgehead atoms. The third-order valence-corrected chi connectivity index (χ3v) is 2.71. The van der Waals surface area contributed by atoms with E-state index in [1.165, 1.54) is 0 Å². The number of methoxy groups -OCH3 is 1. The average molecular weight is 240 g/mol. The summed E-state index contributed by atoms with van der Waals surface area (Å²) in [5.41, 5.74) is 0. The maximum absolute atomic E-state index is 5.61. The van der Waals surface area contributed by atoms with Gasteiger partial charge in [-0.15, -0.1) is 0 Å². The minimum atomic E-state index is 0.786. The van der Waals surface area contributed by atoms with Crippen molar-refractivity contribution in [2.75, 3.05) is 40.4 Å². The van der Waals surface area contributed by atoms with Gasteiger partial charge >= 0.3 is 0 Å². The van der Waals surface area contributed by atoms with Crippen LogP contribution in [0.2, 0.25) is 0 Å². The zero-order chi connectivity index (χ0) is 12.5. The smallest absolute Gasteiger partial charge is 0.117 e. The van der Waals surface area contributed by atoms with Crippen molar-refractivity contribution in [2.24, 2.45) is 0 Å². The summed E-state index contributed by atoms with van der Waals surface area (Å²) in [6, 6.07) is 4.09. The van der Waals surface area contributed by atoms with E-state index in [0.717, 1.165) is 50.7 Å². The second-order valence-electron chi connectivity index (χ2n) is 4.19. The molecule has 1 rings (SSSR count). The minimum absolute atomic E-state index is 0.786. The topological polar surface area (TPSA) is 37.6 Å². The quantitative estimate of drug-likeness (QED) is 0.664. The van der Waals surface area contributed by atoms with Gasteiger partial charge in [-0.25, -0.2) is 0 Å². The number of hydrogen-bond acceptors (Lipinski definition) is 4. The molecule has 0 aliphatic rings. The van der Waals surface area contributed by atoms with E-state index in [4.69, 9.17) is 9.15 Å². The highest BCUT2D eigenvalue weighted by atomic mass is 16.5. The maximum atomic E-state index is 5.61. The third-order valence-electron chi connectivity index (χ3n) is 2.71. The molecule has 0 atom stereocenters. The molecule has 0 aromatic carbocycles. The summed E-state index contributed by atoms with van der Waals surface area (Å²) in [6.07, 6.45) is 0.958. The van der Waals surface area contributed by atoms with Crippen molar-refractivity contribution in [3.05, 3.63) is 23.7 Å². The van der Waals surface area contributed by atoms with Crippen LogP contribution in [0.25, 0.3) is 0 Å². The van der Waals surface area contributed by atoms with Crippen LogP contribution in [0, 0.1) is 0 Å². The van der Waals surface area contributed by atoms with Gasteiger partial charge in [0.25, 0.3) is 0 Å². The lowest BCUT2D eigenvalue weighted by Crippen LogP contribution is -2.31. The van der Waals surface area contributed by atoms with Crippen molar-refractivity contribution in [1.82, 2.24) is 10.2 Å². The van der Waals surface area contributed by atoms with Gasteiger partial charge in [0.15, 0.2) is 0 Å². The van der Waals surface area contributed by atoms with Crippen LogP contribution >= 0.6 is 0 Å². The van der Waals surface area contributed by atoms with Crippen molar-refractivity contribution < 1.29 is 9.15 Å². The largest absolute Gasteiger partial charge is 0.465 e. The fraction of sp³-hybridized carbons (Fsp3) is 0.692. The molecule has 0 amide bonds. The number of hydrogen-bond donors (Lipinski definition) is 1. The Balaban J connectivity index is 2.07. The van der Waals surface area contributed by atoms with E-state index in [1.807, 2.05) is 12.1 Å². The summed E-state index contributed by atoms with van der Waals surface area (Å²) >= 11 is 0. The van der Waals surface area contributed by atoms with Gasteiger partial charge in [0.2, 0.25) is 0 Å². The number of rotatable bonds is 9. The molecule has 4 nitrogen and oxygen atoms in total. The van der Waals surface area contributed by atoms with E-state index in [1.54, 1.807) is 7.11 Å². The molecule has 1 aromatic heterocycles. The van der Waals surface area contributed by atoms with Gasteiger partial charge < -0.3 is 19.4 Å². The Hall–Kier alpha value is -0.840. The van der Waals surface area contributed by atoms with Crippen LogP contribution in [-0.2, 0) is 17.7 Å². The molecule has 0 aliphatic heterocycles. The van der Waals surface area contributed by atoms with Crippen molar-refractivity contribution in [1.29, 1.82) is 0 Å². The Morgan fingerprint density at radius 1 is 1.29 bits per heavy atom. The second kappa shape index (κ2) is 8.28. The highest BCUT2D eigenvalue weighted by Crippen LogP contribution is 2.07. The molecule has 0 unspecified atom stereocenters. The highest BCUT2D eigenvalue weighted by Gasteiger charge is 2.00. The van der Waals surface area contributed by atoms with Crippen molar-refractivity contribution in [3.8, 4) is 0 Å². The number of likely N-dealkylation sites (N-methyl/N-ethyl adjacent to an activating group) is 1. The molecular weight excluding hydrogens is 216 g/mol. The molecule has 0 radical (unpaired) electrons. The van der Waals surface area contributed by atoms with Gasteiger partial charge in [-0.3, -0.25) is 0 Å². The first-order chi connectivity index (χ1) is 8.26. The number of nitrogens with one attached hydrogen (secondary N) is 1. The van der Waals surface area contributed by atoms with Crippen LogP contribution in [0.4, 0.5) is 0 Å². The highest BCUT2D eigenvalue weighted by molar-refractivity contribution is 5.06. The van der Waals surface area contributed by atoms with Gasteiger partial charge in [-0.05, 0) is 19.2 Å². The Kier molecular flexibility index (Phi) is 6.93. The van der Waals surface area contributed by atoms with Gasteiger partial charge in [-0.1, -0.05) is 6.92 Å². The van der Waals surface area contributed by atoms with Gasteiger partial charge in [0, 0.05) is 33.2 Å². The van der Waals surface area contributed by atoms with Crippen molar-refractivity contribution in [2.45, 2.75) is 19.9 Å². The van der Waals surface area contributed by atoms with Crippen molar-refractivity contribution >= 4 is 0 Å². The van der Waals surface area contributed by atoms with E-state index in [-0.39, 0.29) is 0 Å². The number of nitrogens with zero attached hydrogens (tertiary/aromatic N) is 1. The van der Waals surface area contributed by atoms with Crippen LogP contribution in [0.3, 0.4) is 0 Å². The van der Waals surface area contributed by atoms with Crippen molar-refractivity contribution in [3.63, 3.8) is 0 Å². The number of aryl methyl sites for hydroxylation is 1. The van der Waals surface area contributed by atoms with Crippen LogP contribution in [-0.4, -0.2) is 45.3 Å². The summed E-state index contributed by atoms with van der Waals surface area (Å²) in [6.45, 7) is 6.64. The first kappa shape index (κ1) is 14.2. The number of ether oxygens (including phenoxy) is 1. The molecule has 1 N–H and O–H groups in total. The Morgan fingerprint density at radius 3 is 2.71 bits per heavy atom. The minimum Gasteiger partial charge on any atom is -0.465 e. The van der Waals surface area contributed by atoms with E-state index >= 15 is 0 Å². The standard InChI is InChI=1S/C13H24N2O2/c1-4-12-5-6-13(17-12)11-14-7-8-15(2)9-10-16-3/h5-6,14H,4,7-11H2,1-3H3. The molecule has 0 saturated carbocycles. The number of furan rings is 1. The molecule has 1 heterocycles. The molecule has 0 aliphatic carbocycles. The lowest BCUT2D eigenvalue weighted by Gasteiger charge is -2.15. The van der Waals surface area contributed by atoms with E-state index < -0.39 is 0 Å². The SMILES string of the molecule is CCc1ccc(CNCCN(C)CCOC)o1. The predicted octanol–water partition coefficient (Wildman–Crippen LogP) is 1.51. The zero-order valence-electron chi connectivity index (χ0n) is 11.2. The summed E-state index contributed by atoms with van der Waals surface area (Å²) in [5, 5.41) is 3.37. The summed E-state index contributed by atoms with van der Waals surface area (Å²) in [4.78, 5) is 2.25. The third kappa shape index (κ3) is 5.86. The second-order valence-corrected chi connectivity index (χ2v) is 4.19. The molecular formula is C13H24N2O2. The first-order valence-electron chi connectivity index (χ1n) is 6.22. The monoisotopic (exact) mass is 240 g/mol. The van der Waals surface area contributed by atoms with E-state index in [2.05, 4.69) is 24.2 Å². The van der Waals surface area contributed by atoms with Gasteiger partial charge in [-0.2, -0.15) is 0 Å². The van der Waals surface area contributed by atoms with Gasteiger partial charge in [0.05, 0.1) is 13.2 Å². The molecule has 0 saturated heterocycles. The molecule has 1 aromatic rings. The van der Waals surface area contributed by atoms with E-state index in [9.17, 15) is 0 Å². The average Bonchev–Trinajstić information content (AvgIpc) is 2.80.